The van der Waals surface area contributed by atoms with Gasteiger partial charge in [-0.15, -0.1) is 0 Å². The lowest BCUT2D eigenvalue weighted by molar-refractivity contribution is 0.112. The number of nitrogens with one attached hydrogen (secondary N) is 1. The molecule has 0 aliphatic rings. The molecule has 0 unspecified atom stereocenters. The highest BCUT2D eigenvalue weighted by atomic mass is 35.5. The lowest BCUT2D eigenvalue weighted by Gasteiger charge is -2.20. The largest absolute Gasteiger partial charge is 0.384 e. The minimum atomic E-state index is 0.149. The van der Waals surface area contributed by atoms with Gasteiger partial charge in [-0.05, 0) is 11.5 Å². The lowest BCUT2D eigenvalue weighted by Crippen LogP contribution is -2.19. The smallest absolute Gasteiger partial charge is 0.153 e. The van der Waals surface area contributed by atoms with Crippen molar-refractivity contribution >= 4 is 23.6 Å². The van der Waals surface area contributed by atoms with Crippen LogP contribution >= 0.6 is 11.6 Å². The first kappa shape index (κ1) is 12.0. The minimum absolute atomic E-state index is 0.149. The lowest BCUT2D eigenvalue weighted by atomic mass is 9.97. The molecule has 0 radical (unpaired) electrons. The van der Waals surface area contributed by atoms with E-state index in [0.717, 1.165) is 18.5 Å². The molecule has 0 saturated heterocycles. The fraction of sp³-hybridized carbons (Fsp3) is 0.455. The summed E-state index contributed by atoms with van der Waals surface area (Å²) in [5.41, 5.74) is 1.42. The van der Waals surface area contributed by atoms with Crippen molar-refractivity contribution in [3.8, 4) is 0 Å². The maximum absolute atomic E-state index is 10.7. The molecule has 3 nitrogen and oxygen atoms in total. The number of hydrogen-bond donors (Lipinski definition) is 1. The van der Waals surface area contributed by atoms with E-state index in [4.69, 9.17) is 11.6 Å². The third-order valence-corrected chi connectivity index (χ3v) is 2.04. The van der Waals surface area contributed by atoms with E-state index >= 15 is 0 Å². The van der Waals surface area contributed by atoms with Crippen LogP contribution in [0.25, 0.3) is 0 Å². The first-order chi connectivity index (χ1) is 6.92. The first-order valence-corrected chi connectivity index (χ1v) is 5.15. The van der Waals surface area contributed by atoms with Crippen molar-refractivity contribution in [3.05, 3.63) is 23.0 Å². The van der Waals surface area contributed by atoms with Crippen LogP contribution in [0.1, 0.15) is 31.1 Å². The number of hydrogen-bond acceptors (Lipinski definition) is 3. The Balaban J connectivity index is 2.83. The zero-order valence-corrected chi connectivity index (χ0v) is 9.93. The predicted molar refractivity (Wildman–Crippen MR) is 62.6 cm³/mol. The number of anilines is 1. The Morgan fingerprint density at radius 3 is 2.73 bits per heavy atom. The highest BCUT2D eigenvalue weighted by molar-refractivity contribution is 6.29. The summed E-state index contributed by atoms with van der Waals surface area (Å²) >= 11 is 5.76. The van der Waals surface area contributed by atoms with Gasteiger partial charge in [-0.2, -0.15) is 0 Å². The highest BCUT2D eigenvalue weighted by Gasteiger charge is 2.11. The van der Waals surface area contributed by atoms with Crippen molar-refractivity contribution in [1.29, 1.82) is 0 Å². The molecule has 1 heterocycles. The van der Waals surface area contributed by atoms with Gasteiger partial charge in [-0.3, -0.25) is 4.79 Å². The summed E-state index contributed by atoms with van der Waals surface area (Å²) in [4.78, 5) is 14.6. The molecule has 0 amide bonds. The summed E-state index contributed by atoms with van der Waals surface area (Å²) in [5.74, 6) is 0. The molecule has 0 aromatic carbocycles. The molecule has 1 N–H and O–H groups in total. The highest BCUT2D eigenvalue weighted by Crippen LogP contribution is 2.20. The Labute approximate surface area is 94.9 Å². The number of carbonyl (C=O) groups is 1. The monoisotopic (exact) mass is 226 g/mol. The zero-order chi connectivity index (χ0) is 11.5. The van der Waals surface area contributed by atoms with E-state index < -0.39 is 0 Å². The van der Waals surface area contributed by atoms with E-state index in [1.165, 1.54) is 6.20 Å². The second kappa shape index (κ2) is 4.62. The average Bonchev–Trinajstić information content (AvgIpc) is 2.14. The minimum Gasteiger partial charge on any atom is -0.384 e. The number of aldehydes is 1. The van der Waals surface area contributed by atoms with Crippen LogP contribution in [-0.4, -0.2) is 17.8 Å². The summed E-state index contributed by atoms with van der Waals surface area (Å²) in [6, 6.07) is 1.66. The second-order valence-corrected chi connectivity index (χ2v) is 5.01. The van der Waals surface area contributed by atoms with E-state index in [1.54, 1.807) is 6.07 Å². The molecule has 0 fully saturated rings. The molecule has 1 rings (SSSR count). The van der Waals surface area contributed by atoms with Crippen molar-refractivity contribution in [1.82, 2.24) is 4.98 Å². The van der Waals surface area contributed by atoms with Gasteiger partial charge in [0.15, 0.2) is 6.29 Å². The molecule has 4 heteroatoms. The second-order valence-electron chi connectivity index (χ2n) is 4.63. The number of pyridine rings is 1. The maximum Gasteiger partial charge on any atom is 0.153 e. The van der Waals surface area contributed by atoms with Crippen LogP contribution in [0.5, 0.6) is 0 Å². The average molecular weight is 227 g/mol. The van der Waals surface area contributed by atoms with Crippen LogP contribution in [0.4, 0.5) is 5.69 Å². The number of rotatable bonds is 3. The van der Waals surface area contributed by atoms with Crippen molar-refractivity contribution in [3.63, 3.8) is 0 Å². The first-order valence-electron chi connectivity index (χ1n) is 4.77. The number of aromatic nitrogens is 1. The summed E-state index contributed by atoms with van der Waals surface area (Å²) in [7, 11) is 0. The molecular formula is C11H15ClN2O. The fourth-order valence-electron chi connectivity index (χ4n) is 1.05. The topological polar surface area (TPSA) is 42.0 Å². The zero-order valence-electron chi connectivity index (χ0n) is 9.17. The third-order valence-electron chi connectivity index (χ3n) is 1.84. The molecule has 0 aliphatic heterocycles. The van der Waals surface area contributed by atoms with Crippen LogP contribution in [0, 0.1) is 5.41 Å². The van der Waals surface area contributed by atoms with Gasteiger partial charge in [0.1, 0.15) is 5.15 Å². The van der Waals surface area contributed by atoms with Gasteiger partial charge in [0.05, 0.1) is 5.56 Å². The molecular weight excluding hydrogens is 212 g/mol. The third kappa shape index (κ3) is 3.88. The SMILES string of the molecule is CC(C)(C)CNc1cc(Cl)ncc1C=O. The van der Waals surface area contributed by atoms with E-state index in [-0.39, 0.29) is 5.41 Å². The maximum atomic E-state index is 10.7. The van der Waals surface area contributed by atoms with Gasteiger partial charge < -0.3 is 5.32 Å². The van der Waals surface area contributed by atoms with Crippen LogP contribution in [-0.2, 0) is 0 Å². The standard InChI is InChI=1S/C11H15ClN2O/c1-11(2,3)7-14-9-4-10(12)13-5-8(9)6-15/h4-6H,7H2,1-3H3,(H,13,14). The van der Waals surface area contributed by atoms with Crippen LogP contribution < -0.4 is 5.32 Å². The molecule has 0 atom stereocenters. The van der Waals surface area contributed by atoms with Crippen molar-refractivity contribution < 1.29 is 4.79 Å². The molecule has 82 valence electrons. The molecule has 1 aromatic heterocycles. The summed E-state index contributed by atoms with van der Waals surface area (Å²) in [5, 5.41) is 3.58. The predicted octanol–water partition coefficient (Wildman–Crippen LogP) is 3.01. The van der Waals surface area contributed by atoms with Crippen molar-refractivity contribution in [2.75, 3.05) is 11.9 Å². The van der Waals surface area contributed by atoms with E-state index in [0.29, 0.717) is 10.7 Å². The number of nitrogens with zero attached hydrogens (tertiary/aromatic N) is 1. The summed E-state index contributed by atoms with van der Waals surface area (Å²) in [6.45, 7) is 7.12. The van der Waals surface area contributed by atoms with Crippen LogP contribution in [0.3, 0.4) is 0 Å². The van der Waals surface area contributed by atoms with E-state index in [2.05, 4.69) is 31.1 Å². The fourth-order valence-corrected chi connectivity index (χ4v) is 1.21. The van der Waals surface area contributed by atoms with Crippen LogP contribution in [0.2, 0.25) is 5.15 Å². The quantitative estimate of drug-likeness (QED) is 0.637. The molecule has 0 bridgehead atoms. The molecule has 0 aliphatic carbocycles. The van der Waals surface area contributed by atoms with Crippen molar-refractivity contribution in [2.24, 2.45) is 5.41 Å². The van der Waals surface area contributed by atoms with Gasteiger partial charge in [-0.25, -0.2) is 4.98 Å². The molecule has 1 aromatic rings. The summed E-state index contributed by atoms with van der Waals surface area (Å²) in [6.07, 6.45) is 2.24. The Kier molecular flexibility index (Phi) is 3.69. The van der Waals surface area contributed by atoms with Gasteiger partial charge in [0, 0.05) is 18.4 Å². The van der Waals surface area contributed by atoms with E-state index in [1.807, 2.05) is 0 Å². The molecule has 0 spiro atoms. The Morgan fingerprint density at radius 1 is 1.53 bits per heavy atom. The normalized spacial score (nSPS) is 11.2. The Morgan fingerprint density at radius 2 is 2.20 bits per heavy atom. The number of halogens is 1. The van der Waals surface area contributed by atoms with Gasteiger partial charge in [0.25, 0.3) is 0 Å². The van der Waals surface area contributed by atoms with Gasteiger partial charge in [0.2, 0.25) is 0 Å². The van der Waals surface area contributed by atoms with Crippen molar-refractivity contribution in [2.45, 2.75) is 20.8 Å². The van der Waals surface area contributed by atoms with E-state index in [9.17, 15) is 4.79 Å². The molecule has 0 saturated carbocycles. The van der Waals surface area contributed by atoms with Gasteiger partial charge in [-0.1, -0.05) is 32.4 Å². The summed E-state index contributed by atoms with van der Waals surface area (Å²) < 4.78 is 0. The van der Waals surface area contributed by atoms with Gasteiger partial charge >= 0.3 is 0 Å². The Hall–Kier alpha value is -1.09. The van der Waals surface area contributed by atoms with Crippen LogP contribution in [0.15, 0.2) is 12.3 Å². The molecule has 15 heavy (non-hydrogen) atoms. The number of carbonyl (C=O) groups excluding carboxylic acids is 1. The Bertz CT molecular complexity index is 358.